The molecule has 1 aliphatic rings. The molecular weight excluding hydrogens is 248 g/mol. The van der Waals surface area contributed by atoms with Crippen molar-refractivity contribution in [3.8, 4) is 0 Å². The molecule has 1 saturated heterocycles. The van der Waals surface area contributed by atoms with Crippen LogP contribution in [0.2, 0.25) is 0 Å². The average Bonchev–Trinajstić information content (AvgIpc) is 2.50. The van der Waals surface area contributed by atoms with Gasteiger partial charge in [0.15, 0.2) is 0 Å². The Labute approximate surface area is 112 Å². The molecular formula is C12H18N4OS. The van der Waals surface area contributed by atoms with Crippen LogP contribution in [-0.4, -0.2) is 38.8 Å². The first kappa shape index (κ1) is 13.2. The number of rotatable bonds is 2. The summed E-state index contributed by atoms with van der Waals surface area (Å²) in [5.41, 5.74) is 5.57. The summed E-state index contributed by atoms with van der Waals surface area (Å²) >= 11 is 4.92. The lowest BCUT2D eigenvalue weighted by atomic mass is 9.98. The van der Waals surface area contributed by atoms with Gasteiger partial charge >= 0.3 is 0 Å². The molecule has 1 aliphatic heterocycles. The quantitative estimate of drug-likeness (QED) is 0.773. The van der Waals surface area contributed by atoms with Crippen molar-refractivity contribution < 1.29 is 5.11 Å². The maximum Gasteiger partial charge on any atom is 0.225 e. The largest absolute Gasteiger partial charge is 0.390 e. The number of aromatic nitrogens is 2. The van der Waals surface area contributed by atoms with Crippen molar-refractivity contribution in [2.45, 2.75) is 31.8 Å². The van der Waals surface area contributed by atoms with Crippen LogP contribution in [0.25, 0.3) is 0 Å². The molecule has 1 aromatic rings. The standard InChI is InChI=1S/C12H18N4OS/c1-12(17)4-2-7-16(8-5-12)11-14-6-3-9(15-11)10(13)18/h3,6,17H,2,4-5,7-8H2,1H3,(H2,13,18). The van der Waals surface area contributed by atoms with Crippen LogP contribution >= 0.6 is 12.2 Å². The Bertz CT molecular complexity index is 449. The van der Waals surface area contributed by atoms with E-state index in [0.717, 1.165) is 25.9 Å². The molecule has 3 N–H and O–H groups in total. The number of hydrogen-bond acceptors (Lipinski definition) is 5. The van der Waals surface area contributed by atoms with Gasteiger partial charge in [0.25, 0.3) is 0 Å². The summed E-state index contributed by atoms with van der Waals surface area (Å²) < 4.78 is 0. The lowest BCUT2D eigenvalue weighted by Crippen LogP contribution is -2.30. The van der Waals surface area contributed by atoms with E-state index in [2.05, 4.69) is 14.9 Å². The summed E-state index contributed by atoms with van der Waals surface area (Å²) in [4.78, 5) is 11.0. The molecule has 98 valence electrons. The Hall–Kier alpha value is -1.27. The van der Waals surface area contributed by atoms with Crippen molar-refractivity contribution in [3.05, 3.63) is 18.0 Å². The van der Waals surface area contributed by atoms with Gasteiger partial charge in [-0.3, -0.25) is 0 Å². The molecule has 0 bridgehead atoms. The van der Waals surface area contributed by atoms with Crippen LogP contribution in [0.4, 0.5) is 5.95 Å². The van der Waals surface area contributed by atoms with Crippen molar-refractivity contribution >= 4 is 23.2 Å². The molecule has 2 heterocycles. The minimum absolute atomic E-state index is 0.278. The van der Waals surface area contributed by atoms with Crippen LogP contribution in [0.5, 0.6) is 0 Å². The lowest BCUT2D eigenvalue weighted by Gasteiger charge is -2.22. The second-order valence-corrected chi connectivity index (χ2v) is 5.38. The Kier molecular flexibility index (Phi) is 3.77. The molecule has 1 fully saturated rings. The van der Waals surface area contributed by atoms with Crippen LogP contribution in [0.1, 0.15) is 31.9 Å². The van der Waals surface area contributed by atoms with Crippen LogP contribution in [0, 0.1) is 0 Å². The number of nitrogens with two attached hydrogens (primary N) is 1. The summed E-state index contributed by atoms with van der Waals surface area (Å²) in [6.45, 7) is 3.47. The van der Waals surface area contributed by atoms with E-state index in [0.29, 0.717) is 18.1 Å². The molecule has 1 unspecified atom stereocenters. The first-order chi connectivity index (χ1) is 8.48. The molecule has 0 radical (unpaired) electrons. The van der Waals surface area contributed by atoms with Gasteiger partial charge in [0, 0.05) is 19.3 Å². The fourth-order valence-corrected chi connectivity index (χ4v) is 2.22. The van der Waals surface area contributed by atoms with Gasteiger partial charge in [0.05, 0.1) is 5.60 Å². The zero-order chi connectivity index (χ0) is 13.2. The maximum absolute atomic E-state index is 10.1. The molecule has 0 amide bonds. The minimum atomic E-state index is -0.588. The van der Waals surface area contributed by atoms with Crippen LogP contribution < -0.4 is 10.6 Å². The van der Waals surface area contributed by atoms with Gasteiger partial charge in [-0.1, -0.05) is 12.2 Å². The van der Waals surface area contributed by atoms with Crippen LogP contribution in [0.3, 0.4) is 0 Å². The van der Waals surface area contributed by atoms with E-state index in [1.807, 2.05) is 6.92 Å². The van der Waals surface area contributed by atoms with Crippen molar-refractivity contribution in [2.75, 3.05) is 18.0 Å². The lowest BCUT2D eigenvalue weighted by molar-refractivity contribution is 0.0481. The van der Waals surface area contributed by atoms with Crippen LogP contribution in [-0.2, 0) is 0 Å². The molecule has 5 nitrogen and oxygen atoms in total. The number of nitrogens with zero attached hydrogens (tertiary/aromatic N) is 3. The zero-order valence-electron chi connectivity index (χ0n) is 10.5. The van der Waals surface area contributed by atoms with E-state index in [-0.39, 0.29) is 4.99 Å². The topological polar surface area (TPSA) is 75.3 Å². The van der Waals surface area contributed by atoms with E-state index >= 15 is 0 Å². The highest BCUT2D eigenvalue weighted by atomic mass is 32.1. The van der Waals surface area contributed by atoms with Gasteiger partial charge in [-0.15, -0.1) is 0 Å². The van der Waals surface area contributed by atoms with Crippen molar-refractivity contribution in [1.82, 2.24) is 9.97 Å². The van der Waals surface area contributed by atoms with Gasteiger partial charge < -0.3 is 15.7 Å². The Morgan fingerprint density at radius 1 is 1.50 bits per heavy atom. The second kappa shape index (κ2) is 5.16. The van der Waals surface area contributed by atoms with Gasteiger partial charge in [-0.25, -0.2) is 9.97 Å². The Morgan fingerprint density at radius 3 is 3.00 bits per heavy atom. The van der Waals surface area contributed by atoms with E-state index in [9.17, 15) is 5.11 Å². The van der Waals surface area contributed by atoms with Gasteiger partial charge in [-0.2, -0.15) is 0 Å². The Balaban J connectivity index is 2.16. The normalized spacial score (nSPS) is 24.7. The van der Waals surface area contributed by atoms with E-state index in [1.165, 1.54) is 0 Å². The molecule has 18 heavy (non-hydrogen) atoms. The highest BCUT2D eigenvalue weighted by molar-refractivity contribution is 7.80. The summed E-state index contributed by atoms with van der Waals surface area (Å²) in [7, 11) is 0. The highest BCUT2D eigenvalue weighted by Gasteiger charge is 2.25. The van der Waals surface area contributed by atoms with Gasteiger partial charge in [0.1, 0.15) is 10.7 Å². The maximum atomic E-state index is 10.1. The molecule has 1 aromatic heterocycles. The molecule has 0 aromatic carbocycles. The van der Waals surface area contributed by atoms with E-state index in [4.69, 9.17) is 18.0 Å². The fraction of sp³-hybridized carbons (Fsp3) is 0.583. The number of thiocarbonyl (C=S) groups is 1. The number of anilines is 1. The highest BCUT2D eigenvalue weighted by Crippen LogP contribution is 2.23. The van der Waals surface area contributed by atoms with Crippen molar-refractivity contribution in [3.63, 3.8) is 0 Å². The third kappa shape index (κ3) is 3.14. The second-order valence-electron chi connectivity index (χ2n) is 4.94. The van der Waals surface area contributed by atoms with Gasteiger partial charge in [0.2, 0.25) is 5.95 Å². The Morgan fingerprint density at radius 2 is 2.28 bits per heavy atom. The molecule has 0 aliphatic carbocycles. The fourth-order valence-electron chi connectivity index (χ4n) is 2.10. The number of hydrogen-bond donors (Lipinski definition) is 2. The zero-order valence-corrected chi connectivity index (χ0v) is 11.3. The van der Waals surface area contributed by atoms with Crippen molar-refractivity contribution in [1.29, 1.82) is 0 Å². The smallest absolute Gasteiger partial charge is 0.225 e. The summed E-state index contributed by atoms with van der Waals surface area (Å²) in [5, 5.41) is 10.1. The number of aliphatic hydroxyl groups is 1. The monoisotopic (exact) mass is 266 g/mol. The van der Waals surface area contributed by atoms with Gasteiger partial charge in [-0.05, 0) is 32.3 Å². The first-order valence-corrected chi connectivity index (χ1v) is 6.49. The average molecular weight is 266 g/mol. The summed E-state index contributed by atoms with van der Waals surface area (Å²) in [6.07, 6.45) is 4.11. The predicted octanol–water partition coefficient (Wildman–Crippen LogP) is 0.852. The third-order valence-corrected chi connectivity index (χ3v) is 3.45. The first-order valence-electron chi connectivity index (χ1n) is 6.08. The SMILES string of the molecule is CC1(O)CCCN(c2nccc(C(N)=S)n2)CC1. The van der Waals surface area contributed by atoms with E-state index < -0.39 is 5.60 Å². The predicted molar refractivity (Wildman–Crippen MR) is 74.6 cm³/mol. The van der Waals surface area contributed by atoms with Crippen LogP contribution in [0.15, 0.2) is 12.3 Å². The summed E-state index contributed by atoms with van der Waals surface area (Å²) in [6, 6.07) is 1.71. The minimum Gasteiger partial charge on any atom is -0.390 e. The van der Waals surface area contributed by atoms with Crippen molar-refractivity contribution in [2.24, 2.45) is 5.73 Å². The molecule has 6 heteroatoms. The molecule has 0 saturated carbocycles. The summed E-state index contributed by atoms with van der Waals surface area (Å²) in [5.74, 6) is 0.637. The molecule has 0 spiro atoms. The molecule has 1 atom stereocenters. The third-order valence-electron chi connectivity index (χ3n) is 3.24. The molecule has 2 rings (SSSR count). The van der Waals surface area contributed by atoms with E-state index in [1.54, 1.807) is 12.3 Å².